The van der Waals surface area contributed by atoms with Gasteiger partial charge in [-0.15, -0.1) is 0 Å². The van der Waals surface area contributed by atoms with E-state index in [1.54, 1.807) is 0 Å². The third-order valence-corrected chi connectivity index (χ3v) is 4.34. The topological polar surface area (TPSA) is 12.0 Å². The van der Waals surface area contributed by atoms with Crippen LogP contribution in [0.4, 0.5) is 13.2 Å². The molecule has 18 heavy (non-hydrogen) atoms. The van der Waals surface area contributed by atoms with Gasteiger partial charge in [0.25, 0.3) is 0 Å². The first-order valence-electron chi connectivity index (χ1n) is 6.56. The molecule has 0 amide bonds. The molecule has 1 aromatic rings. The Morgan fingerprint density at radius 1 is 0.944 bits per heavy atom. The fraction of sp³-hybridized carbons (Fsp3) is 0.571. The molecule has 3 atom stereocenters. The summed E-state index contributed by atoms with van der Waals surface area (Å²) in [7, 11) is 0. The van der Waals surface area contributed by atoms with E-state index in [1.165, 1.54) is 18.9 Å². The van der Waals surface area contributed by atoms with E-state index in [1.807, 2.05) is 0 Å². The van der Waals surface area contributed by atoms with Gasteiger partial charge in [-0.25, -0.2) is 13.2 Å². The van der Waals surface area contributed by atoms with Crippen LogP contribution in [0.2, 0.25) is 0 Å². The maximum Gasteiger partial charge on any atom is 0.194 e. The molecule has 98 valence electrons. The summed E-state index contributed by atoms with van der Waals surface area (Å²) in [6, 6.07) is 2.60. The molecule has 1 aliphatic heterocycles. The van der Waals surface area contributed by atoms with E-state index in [0.717, 1.165) is 25.3 Å². The lowest BCUT2D eigenvalue weighted by Crippen LogP contribution is -2.40. The van der Waals surface area contributed by atoms with Crippen molar-refractivity contribution >= 4 is 0 Å². The molecule has 3 rings (SSSR count). The molecule has 1 heterocycles. The number of piperidine rings is 1. The van der Waals surface area contributed by atoms with Crippen molar-refractivity contribution in [3.8, 4) is 0 Å². The van der Waals surface area contributed by atoms with E-state index in [4.69, 9.17) is 0 Å². The first kappa shape index (κ1) is 12.0. The summed E-state index contributed by atoms with van der Waals surface area (Å²) in [4.78, 5) is 0. The summed E-state index contributed by atoms with van der Waals surface area (Å²) in [6.07, 6.45) is 5.37. The second-order valence-corrected chi connectivity index (χ2v) is 5.36. The largest absolute Gasteiger partial charge is 0.307 e. The van der Waals surface area contributed by atoms with Crippen molar-refractivity contribution in [2.75, 3.05) is 0 Å². The van der Waals surface area contributed by atoms with Crippen LogP contribution in [-0.2, 0) is 0 Å². The highest BCUT2D eigenvalue weighted by Gasteiger charge is 2.35. The van der Waals surface area contributed by atoms with Gasteiger partial charge in [-0.3, -0.25) is 0 Å². The average molecular weight is 255 g/mol. The van der Waals surface area contributed by atoms with Crippen molar-refractivity contribution in [2.45, 2.75) is 44.2 Å². The fourth-order valence-corrected chi connectivity index (χ4v) is 3.38. The molecule has 0 radical (unpaired) electrons. The molecule has 1 nitrogen and oxygen atoms in total. The van der Waals surface area contributed by atoms with Crippen LogP contribution in [0.15, 0.2) is 12.1 Å². The van der Waals surface area contributed by atoms with Crippen molar-refractivity contribution in [3.05, 3.63) is 35.1 Å². The third-order valence-electron chi connectivity index (χ3n) is 4.34. The van der Waals surface area contributed by atoms with Crippen molar-refractivity contribution in [2.24, 2.45) is 5.92 Å². The molecule has 1 aliphatic carbocycles. The summed E-state index contributed by atoms with van der Waals surface area (Å²) in [5, 5.41) is 3.39. The van der Waals surface area contributed by atoms with Crippen LogP contribution in [0, 0.1) is 23.4 Å². The molecule has 0 bridgehead atoms. The SMILES string of the molecule is Fc1ccc(C2CCC3CCCC3N2)c(F)c1F. The van der Waals surface area contributed by atoms with Crippen LogP contribution >= 0.6 is 0 Å². The number of rotatable bonds is 1. The lowest BCUT2D eigenvalue weighted by atomic mass is 9.87. The van der Waals surface area contributed by atoms with Gasteiger partial charge >= 0.3 is 0 Å². The van der Waals surface area contributed by atoms with Crippen LogP contribution in [0.5, 0.6) is 0 Å². The van der Waals surface area contributed by atoms with Crippen molar-refractivity contribution in [1.29, 1.82) is 0 Å². The summed E-state index contributed by atoms with van der Waals surface area (Å²) in [5.74, 6) is -2.84. The molecular weight excluding hydrogens is 239 g/mol. The van der Waals surface area contributed by atoms with Crippen LogP contribution < -0.4 is 5.32 Å². The van der Waals surface area contributed by atoms with E-state index < -0.39 is 17.5 Å². The average Bonchev–Trinajstić information content (AvgIpc) is 2.83. The van der Waals surface area contributed by atoms with Gasteiger partial charge in [0, 0.05) is 17.6 Å². The van der Waals surface area contributed by atoms with Gasteiger partial charge in [0.1, 0.15) is 0 Å². The molecule has 1 saturated heterocycles. The second-order valence-electron chi connectivity index (χ2n) is 5.36. The van der Waals surface area contributed by atoms with E-state index in [0.29, 0.717) is 12.0 Å². The second kappa shape index (κ2) is 4.57. The highest BCUT2D eigenvalue weighted by atomic mass is 19.2. The quantitative estimate of drug-likeness (QED) is 0.754. The van der Waals surface area contributed by atoms with E-state index in [2.05, 4.69) is 5.32 Å². The molecule has 3 unspecified atom stereocenters. The molecule has 2 aliphatic rings. The third kappa shape index (κ3) is 1.92. The van der Waals surface area contributed by atoms with E-state index in [-0.39, 0.29) is 11.6 Å². The molecule has 1 aromatic carbocycles. The van der Waals surface area contributed by atoms with Gasteiger partial charge in [0.05, 0.1) is 0 Å². The molecular formula is C14H16F3N. The summed E-state index contributed by atoms with van der Waals surface area (Å²) < 4.78 is 39.9. The number of nitrogens with one attached hydrogen (secondary N) is 1. The van der Waals surface area contributed by atoms with Gasteiger partial charge < -0.3 is 5.32 Å². The summed E-state index contributed by atoms with van der Waals surface area (Å²) in [6.45, 7) is 0. The van der Waals surface area contributed by atoms with Gasteiger partial charge in [0.2, 0.25) is 0 Å². The zero-order valence-corrected chi connectivity index (χ0v) is 10.1. The Kier molecular flexibility index (Phi) is 3.06. The first-order valence-corrected chi connectivity index (χ1v) is 6.56. The number of hydrogen-bond donors (Lipinski definition) is 1. The highest BCUT2D eigenvalue weighted by molar-refractivity contribution is 5.24. The van der Waals surface area contributed by atoms with Crippen LogP contribution in [0.3, 0.4) is 0 Å². The minimum absolute atomic E-state index is 0.181. The predicted octanol–water partition coefficient (Wildman–Crippen LogP) is 3.70. The Balaban J connectivity index is 1.85. The molecule has 4 heteroatoms. The molecule has 0 aromatic heterocycles. The Hall–Kier alpha value is -1.03. The first-order chi connectivity index (χ1) is 8.66. The molecule has 1 saturated carbocycles. The van der Waals surface area contributed by atoms with Gasteiger partial charge in [-0.2, -0.15) is 0 Å². The Labute approximate surface area is 104 Å². The normalized spacial score (nSPS) is 31.4. The van der Waals surface area contributed by atoms with Crippen LogP contribution in [0.1, 0.15) is 43.7 Å². The van der Waals surface area contributed by atoms with Crippen LogP contribution in [-0.4, -0.2) is 6.04 Å². The zero-order chi connectivity index (χ0) is 12.7. The molecule has 2 fully saturated rings. The fourth-order valence-electron chi connectivity index (χ4n) is 3.38. The number of fused-ring (bicyclic) bond motifs is 1. The Bertz CT molecular complexity index is 461. The van der Waals surface area contributed by atoms with Gasteiger partial charge in [-0.05, 0) is 37.7 Å². The van der Waals surface area contributed by atoms with Crippen molar-refractivity contribution < 1.29 is 13.2 Å². The predicted molar refractivity (Wildman–Crippen MR) is 62.6 cm³/mol. The van der Waals surface area contributed by atoms with E-state index >= 15 is 0 Å². The van der Waals surface area contributed by atoms with Crippen molar-refractivity contribution in [1.82, 2.24) is 5.32 Å². The van der Waals surface area contributed by atoms with Crippen molar-refractivity contribution in [3.63, 3.8) is 0 Å². The Morgan fingerprint density at radius 3 is 2.61 bits per heavy atom. The minimum Gasteiger partial charge on any atom is -0.307 e. The monoisotopic (exact) mass is 255 g/mol. The summed E-state index contributed by atoms with van der Waals surface area (Å²) >= 11 is 0. The highest BCUT2D eigenvalue weighted by Crippen LogP contribution is 2.38. The number of hydrogen-bond acceptors (Lipinski definition) is 1. The number of benzene rings is 1. The lowest BCUT2D eigenvalue weighted by molar-refractivity contribution is 0.255. The summed E-state index contributed by atoms with van der Waals surface area (Å²) in [5.41, 5.74) is 0.263. The van der Waals surface area contributed by atoms with Crippen LogP contribution in [0.25, 0.3) is 0 Å². The number of halogens is 3. The van der Waals surface area contributed by atoms with Gasteiger partial charge in [0.15, 0.2) is 17.5 Å². The zero-order valence-electron chi connectivity index (χ0n) is 10.1. The lowest BCUT2D eigenvalue weighted by Gasteiger charge is -2.34. The maximum absolute atomic E-state index is 13.7. The standard InChI is InChI=1S/C14H16F3N/c15-10-6-5-9(13(16)14(10)17)12-7-4-8-2-1-3-11(8)18-12/h5-6,8,11-12,18H,1-4,7H2. The maximum atomic E-state index is 13.7. The molecule has 1 N–H and O–H groups in total. The minimum atomic E-state index is -1.36. The molecule has 0 spiro atoms. The van der Waals surface area contributed by atoms with E-state index in [9.17, 15) is 13.2 Å². The smallest absolute Gasteiger partial charge is 0.194 e. The Morgan fingerprint density at radius 2 is 1.78 bits per heavy atom. The van der Waals surface area contributed by atoms with Gasteiger partial charge in [-0.1, -0.05) is 12.5 Å².